The van der Waals surface area contributed by atoms with Crippen molar-refractivity contribution in [3.63, 3.8) is 0 Å². The van der Waals surface area contributed by atoms with Crippen LogP contribution in [0.25, 0.3) is 10.8 Å². The van der Waals surface area contributed by atoms with Gasteiger partial charge in [-0.05, 0) is 18.2 Å². The van der Waals surface area contributed by atoms with E-state index in [1.165, 1.54) is 13.0 Å². The Balaban J connectivity index is 3.00. The maximum Gasteiger partial charge on any atom is 0.279 e. The summed E-state index contributed by atoms with van der Waals surface area (Å²) in [6.07, 6.45) is 0. The summed E-state index contributed by atoms with van der Waals surface area (Å²) in [5.74, 6) is -0.270. The normalized spacial score (nSPS) is 10.5. The van der Waals surface area contributed by atoms with Gasteiger partial charge in [0.2, 0.25) is 5.91 Å². The van der Waals surface area contributed by atoms with Crippen molar-refractivity contribution in [1.82, 2.24) is 0 Å². The van der Waals surface area contributed by atoms with E-state index in [0.717, 1.165) is 16.8 Å². The maximum atomic E-state index is 11.5. The van der Waals surface area contributed by atoms with E-state index in [1.807, 2.05) is 44.1 Å². The van der Waals surface area contributed by atoms with Crippen LogP contribution in [0.1, 0.15) is 6.92 Å². The number of rotatable bonds is 4. The number of carbonyl (C=O) groups excluding carboxylic acids is 1. The zero-order valence-electron chi connectivity index (χ0n) is 13.9. The Morgan fingerprint density at radius 1 is 1.00 bits per heavy atom. The first-order chi connectivity index (χ1) is 10.7. The lowest BCUT2D eigenvalue weighted by Crippen LogP contribution is -2.15. The van der Waals surface area contributed by atoms with E-state index in [4.69, 9.17) is 0 Å². The number of nitro groups is 1. The van der Waals surface area contributed by atoms with Gasteiger partial charge in [-0.3, -0.25) is 14.9 Å². The molecule has 2 rings (SSSR count). The predicted molar refractivity (Wildman–Crippen MR) is 93.6 cm³/mol. The van der Waals surface area contributed by atoms with Gasteiger partial charge >= 0.3 is 0 Å². The first kappa shape index (κ1) is 16.5. The maximum absolute atomic E-state index is 11.5. The van der Waals surface area contributed by atoms with Gasteiger partial charge in [0.1, 0.15) is 0 Å². The lowest BCUT2D eigenvalue weighted by molar-refractivity contribution is -0.383. The van der Waals surface area contributed by atoms with E-state index in [2.05, 4.69) is 5.32 Å². The first-order valence-corrected chi connectivity index (χ1v) is 7.10. The Kier molecular flexibility index (Phi) is 4.40. The molecule has 0 aliphatic rings. The summed E-state index contributed by atoms with van der Waals surface area (Å²) < 4.78 is 0. The Bertz CT molecular complexity index is 770. The molecule has 0 spiro atoms. The van der Waals surface area contributed by atoms with Crippen LogP contribution >= 0.6 is 0 Å². The van der Waals surface area contributed by atoms with Gasteiger partial charge in [-0.1, -0.05) is 0 Å². The second kappa shape index (κ2) is 6.12. The second-order valence-electron chi connectivity index (χ2n) is 5.71. The van der Waals surface area contributed by atoms with Crippen LogP contribution in [0.15, 0.2) is 24.3 Å². The molecule has 1 N–H and O–H groups in total. The summed E-state index contributed by atoms with van der Waals surface area (Å²) >= 11 is 0. The Hall–Kier alpha value is -2.83. The molecule has 0 saturated heterocycles. The van der Waals surface area contributed by atoms with E-state index < -0.39 is 4.92 Å². The van der Waals surface area contributed by atoms with Crippen molar-refractivity contribution in [2.24, 2.45) is 0 Å². The summed E-state index contributed by atoms with van der Waals surface area (Å²) in [4.78, 5) is 26.3. The van der Waals surface area contributed by atoms with Crippen LogP contribution in [0.5, 0.6) is 0 Å². The quantitative estimate of drug-likeness (QED) is 0.693. The number of nitro benzene ring substituents is 1. The fourth-order valence-electron chi connectivity index (χ4n) is 2.63. The molecule has 0 bridgehead atoms. The lowest BCUT2D eigenvalue weighted by Gasteiger charge is -2.23. The Labute approximate surface area is 134 Å². The van der Waals surface area contributed by atoms with Crippen LogP contribution in [0.4, 0.5) is 22.7 Å². The van der Waals surface area contributed by atoms with Crippen molar-refractivity contribution in [2.75, 3.05) is 43.3 Å². The molecule has 0 unspecified atom stereocenters. The molecule has 2 aromatic rings. The topological polar surface area (TPSA) is 78.7 Å². The number of benzene rings is 2. The van der Waals surface area contributed by atoms with Gasteiger partial charge in [0, 0.05) is 57.9 Å². The minimum absolute atomic E-state index is 0.0296. The van der Waals surface area contributed by atoms with Crippen LogP contribution in [0, 0.1) is 10.1 Å². The third-order valence-electron chi connectivity index (χ3n) is 3.57. The third-order valence-corrected chi connectivity index (χ3v) is 3.57. The standard InChI is InChI=1S/C16H20N4O3/c1-10(21)17-11-6-7-12(18(2)3)16-13(19(4)5)8-9-14(15(11)16)20(22)23/h6-9H,1-5H3,(H,17,21). The number of non-ortho nitro benzene ring substituents is 1. The molecule has 0 radical (unpaired) electrons. The largest absolute Gasteiger partial charge is 0.377 e. The molecule has 0 fully saturated rings. The summed E-state index contributed by atoms with van der Waals surface area (Å²) in [5.41, 5.74) is 2.11. The molecule has 0 heterocycles. The van der Waals surface area contributed by atoms with Crippen LogP contribution in [0.2, 0.25) is 0 Å². The van der Waals surface area contributed by atoms with Gasteiger partial charge < -0.3 is 15.1 Å². The van der Waals surface area contributed by atoms with E-state index >= 15 is 0 Å². The fourth-order valence-corrected chi connectivity index (χ4v) is 2.63. The summed E-state index contributed by atoms with van der Waals surface area (Å²) in [5, 5.41) is 15.3. The van der Waals surface area contributed by atoms with E-state index in [9.17, 15) is 14.9 Å². The molecule has 7 heteroatoms. The molecule has 23 heavy (non-hydrogen) atoms. The number of nitrogens with zero attached hydrogens (tertiary/aromatic N) is 3. The highest BCUT2D eigenvalue weighted by atomic mass is 16.6. The summed E-state index contributed by atoms with van der Waals surface area (Å²) in [6.45, 7) is 1.38. The molecular formula is C16H20N4O3. The number of carbonyl (C=O) groups is 1. The van der Waals surface area contributed by atoms with Crippen molar-refractivity contribution < 1.29 is 9.72 Å². The molecule has 122 valence electrons. The van der Waals surface area contributed by atoms with Crippen LogP contribution in [-0.2, 0) is 4.79 Å². The van der Waals surface area contributed by atoms with E-state index in [1.54, 1.807) is 12.1 Å². The molecule has 2 aromatic carbocycles. The Morgan fingerprint density at radius 2 is 1.52 bits per heavy atom. The number of fused-ring (bicyclic) bond motifs is 1. The highest BCUT2D eigenvalue weighted by Gasteiger charge is 2.22. The zero-order valence-corrected chi connectivity index (χ0v) is 13.9. The molecule has 7 nitrogen and oxygen atoms in total. The number of amides is 1. The SMILES string of the molecule is CC(=O)Nc1ccc(N(C)C)c2c(N(C)C)ccc([N+](=O)[O-])c12. The molecule has 0 aromatic heterocycles. The summed E-state index contributed by atoms with van der Waals surface area (Å²) in [6, 6.07) is 6.75. The molecule has 0 atom stereocenters. The van der Waals surface area contributed by atoms with Crippen molar-refractivity contribution in [3.05, 3.63) is 34.4 Å². The predicted octanol–water partition coefficient (Wildman–Crippen LogP) is 2.84. The number of hydrogen-bond acceptors (Lipinski definition) is 5. The molecule has 0 aliphatic carbocycles. The van der Waals surface area contributed by atoms with Crippen LogP contribution < -0.4 is 15.1 Å². The van der Waals surface area contributed by atoms with Gasteiger partial charge in [-0.2, -0.15) is 0 Å². The average Bonchev–Trinajstić information content (AvgIpc) is 2.44. The molecular weight excluding hydrogens is 296 g/mol. The second-order valence-corrected chi connectivity index (χ2v) is 5.71. The lowest BCUT2D eigenvalue weighted by atomic mass is 10.0. The van der Waals surface area contributed by atoms with E-state index in [-0.39, 0.29) is 11.6 Å². The number of nitrogens with one attached hydrogen (secondary N) is 1. The smallest absolute Gasteiger partial charge is 0.279 e. The van der Waals surface area contributed by atoms with Gasteiger partial charge in [0.25, 0.3) is 5.69 Å². The van der Waals surface area contributed by atoms with Gasteiger partial charge in [0.15, 0.2) is 0 Å². The van der Waals surface area contributed by atoms with E-state index in [0.29, 0.717) is 11.1 Å². The highest BCUT2D eigenvalue weighted by Crippen LogP contribution is 2.42. The van der Waals surface area contributed by atoms with Gasteiger partial charge in [-0.15, -0.1) is 0 Å². The van der Waals surface area contributed by atoms with Crippen molar-refractivity contribution in [2.45, 2.75) is 6.92 Å². The van der Waals surface area contributed by atoms with Gasteiger partial charge in [0.05, 0.1) is 16.0 Å². The first-order valence-electron chi connectivity index (χ1n) is 7.10. The third kappa shape index (κ3) is 3.03. The minimum Gasteiger partial charge on any atom is -0.377 e. The summed E-state index contributed by atoms with van der Waals surface area (Å²) in [7, 11) is 7.52. The molecule has 1 amide bonds. The monoisotopic (exact) mass is 316 g/mol. The van der Waals surface area contributed by atoms with Crippen LogP contribution in [-0.4, -0.2) is 39.0 Å². The zero-order chi connectivity index (χ0) is 17.3. The molecule has 0 aliphatic heterocycles. The van der Waals surface area contributed by atoms with Crippen LogP contribution in [0.3, 0.4) is 0 Å². The van der Waals surface area contributed by atoms with Gasteiger partial charge in [-0.25, -0.2) is 0 Å². The van der Waals surface area contributed by atoms with Crippen molar-refractivity contribution >= 4 is 39.4 Å². The minimum atomic E-state index is -0.424. The molecule has 0 saturated carbocycles. The van der Waals surface area contributed by atoms with Crippen molar-refractivity contribution in [3.8, 4) is 0 Å². The Morgan fingerprint density at radius 3 is 1.96 bits per heavy atom. The average molecular weight is 316 g/mol. The number of hydrogen-bond donors (Lipinski definition) is 1. The fraction of sp³-hybridized carbons (Fsp3) is 0.312. The van der Waals surface area contributed by atoms with Crippen molar-refractivity contribution in [1.29, 1.82) is 0 Å². The number of anilines is 3. The highest BCUT2D eigenvalue weighted by molar-refractivity contribution is 6.15.